The number of aliphatic hydroxyl groups is 1. The minimum absolute atomic E-state index is 0.0678. The van der Waals surface area contributed by atoms with Crippen LogP contribution < -0.4 is 5.32 Å². The Labute approximate surface area is 133 Å². The van der Waals surface area contributed by atoms with Crippen LogP contribution >= 0.6 is 11.3 Å². The van der Waals surface area contributed by atoms with E-state index in [1.54, 1.807) is 11.3 Å². The van der Waals surface area contributed by atoms with E-state index >= 15 is 0 Å². The maximum absolute atomic E-state index is 11.9. The predicted octanol–water partition coefficient (Wildman–Crippen LogP) is 3.29. The molecular formula is C18H17NO2S. The van der Waals surface area contributed by atoms with Crippen LogP contribution in [0.25, 0.3) is 10.8 Å². The van der Waals surface area contributed by atoms with Crippen molar-refractivity contribution in [3.8, 4) is 0 Å². The third kappa shape index (κ3) is 3.35. The van der Waals surface area contributed by atoms with E-state index in [1.807, 2.05) is 60.0 Å². The van der Waals surface area contributed by atoms with E-state index in [4.69, 9.17) is 0 Å². The number of fused-ring (bicyclic) bond motifs is 1. The van der Waals surface area contributed by atoms with Gasteiger partial charge in [-0.2, -0.15) is 0 Å². The van der Waals surface area contributed by atoms with Crippen LogP contribution in [0, 0.1) is 0 Å². The fraction of sp³-hybridized carbons (Fsp3) is 0.167. The summed E-state index contributed by atoms with van der Waals surface area (Å²) in [4.78, 5) is 12.9. The number of hydrogen-bond acceptors (Lipinski definition) is 3. The van der Waals surface area contributed by atoms with Crippen molar-refractivity contribution in [2.24, 2.45) is 0 Å². The Morgan fingerprint density at radius 2 is 1.91 bits per heavy atom. The highest BCUT2D eigenvalue weighted by Gasteiger charge is 2.12. The highest BCUT2D eigenvalue weighted by atomic mass is 32.1. The van der Waals surface area contributed by atoms with E-state index in [9.17, 15) is 9.90 Å². The highest BCUT2D eigenvalue weighted by molar-refractivity contribution is 7.10. The van der Waals surface area contributed by atoms with E-state index in [-0.39, 0.29) is 12.5 Å². The van der Waals surface area contributed by atoms with Crippen molar-refractivity contribution < 1.29 is 9.90 Å². The minimum atomic E-state index is -0.710. The molecular weight excluding hydrogens is 294 g/mol. The van der Waals surface area contributed by atoms with Crippen LogP contribution in [0.1, 0.15) is 16.5 Å². The predicted molar refractivity (Wildman–Crippen MR) is 89.9 cm³/mol. The fourth-order valence-corrected chi connectivity index (χ4v) is 3.20. The molecule has 4 heteroatoms. The number of amides is 1. The Hall–Kier alpha value is -2.17. The Kier molecular flexibility index (Phi) is 4.51. The maximum Gasteiger partial charge on any atom is 0.225 e. The van der Waals surface area contributed by atoms with Gasteiger partial charge in [-0.15, -0.1) is 11.3 Å². The highest BCUT2D eigenvalue weighted by Crippen LogP contribution is 2.23. The smallest absolute Gasteiger partial charge is 0.225 e. The van der Waals surface area contributed by atoms with Crippen molar-refractivity contribution in [2.75, 3.05) is 6.54 Å². The van der Waals surface area contributed by atoms with E-state index in [0.717, 1.165) is 21.2 Å². The average molecular weight is 311 g/mol. The summed E-state index contributed by atoms with van der Waals surface area (Å²) >= 11 is 1.56. The molecule has 0 spiro atoms. The molecule has 0 saturated heterocycles. The molecule has 1 atom stereocenters. The quantitative estimate of drug-likeness (QED) is 0.759. The number of hydrogen-bond donors (Lipinski definition) is 2. The molecule has 1 aromatic heterocycles. The fourth-order valence-electron chi connectivity index (χ4n) is 2.50. The summed E-state index contributed by atoms with van der Waals surface area (Å²) in [6.45, 7) is 0.220. The van der Waals surface area contributed by atoms with Crippen LogP contribution in [0.3, 0.4) is 0 Å². The average Bonchev–Trinajstić information content (AvgIpc) is 3.05. The molecule has 0 saturated carbocycles. The summed E-state index contributed by atoms with van der Waals surface area (Å²) in [5.74, 6) is -0.0678. The maximum atomic E-state index is 11.9. The first-order valence-corrected chi connectivity index (χ1v) is 8.07. The lowest BCUT2D eigenvalue weighted by molar-refractivity contribution is -0.120. The van der Waals surface area contributed by atoms with Gasteiger partial charge in [-0.05, 0) is 27.8 Å². The van der Waals surface area contributed by atoms with Gasteiger partial charge in [0.25, 0.3) is 0 Å². The number of carbonyl (C=O) groups is 1. The monoisotopic (exact) mass is 311 g/mol. The van der Waals surface area contributed by atoms with Crippen LogP contribution in [-0.4, -0.2) is 17.6 Å². The van der Waals surface area contributed by atoms with Crippen LogP contribution in [0.4, 0.5) is 0 Å². The first-order chi connectivity index (χ1) is 10.7. The summed E-state index contributed by atoms with van der Waals surface area (Å²) in [5.41, 5.74) is 0.842. The molecule has 2 N–H and O–H groups in total. The Morgan fingerprint density at radius 3 is 2.73 bits per heavy atom. The number of thiophene rings is 1. The molecule has 0 bridgehead atoms. The van der Waals surface area contributed by atoms with Crippen LogP contribution in [0.15, 0.2) is 60.0 Å². The van der Waals surface area contributed by atoms with Gasteiger partial charge < -0.3 is 10.4 Å². The third-order valence-corrected chi connectivity index (χ3v) is 4.47. The zero-order valence-corrected chi connectivity index (χ0v) is 12.8. The molecule has 1 unspecified atom stereocenters. The molecule has 1 heterocycles. The van der Waals surface area contributed by atoms with Crippen molar-refractivity contribution in [3.63, 3.8) is 0 Å². The topological polar surface area (TPSA) is 49.3 Å². The van der Waals surface area contributed by atoms with Crippen molar-refractivity contribution in [3.05, 3.63) is 70.4 Å². The number of carbonyl (C=O) groups excluding carboxylic acids is 1. The lowest BCUT2D eigenvalue weighted by Crippen LogP contribution is -2.29. The van der Waals surface area contributed by atoms with Gasteiger partial charge in [0.15, 0.2) is 0 Å². The normalized spacial score (nSPS) is 12.2. The summed E-state index contributed by atoms with van der Waals surface area (Å²) < 4.78 is 0. The first-order valence-electron chi connectivity index (χ1n) is 7.19. The van der Waals surface area contributed by atoms with Crippen molar-refractivity contribution in [1.29, 1.82) is 0 Å². The van der Waals surface area contributed by atoms with Gasteiger partial charge in [0.1, 0.15) is 0 Å². The second-order valence-electron chi connectivity index (χ2n) is 5.14. The molecule has 0 aliphatic carbocycles. The van der Waals surface area contributed by atoms with Crippen molar-refractivity contribution in [1.82, 2.24) is 5.32 Å². The van der Waals surface area contributed by atoms with Gasteiger partial charge in [-0.3, -0.25) is 4.79 Å². The zero-order valence-electron chi connectivity index (χ0n) is 12.0. The summed E-state index contributed by atoms with van der Waals surface area (Å²) in [5, 5.41) is 17.2. The van der Waals surface area contributed by atoms with Gasteiger partial charge in [0.2, 0.25) is 5.91 Å². The Balaban J connectivity index is 1.66. The van der Waals surface area contributed by atoms with Crippen molar-refractivity contribution >= 4 is 28.0 Å². The van der Waals surface area contributed by atoms with E-state index < -0.39 is 6.10 Å². The molecule has 3 aromatic rings. The summed E-state index contributed by atoms with van der Waals surface area (Å²) in [7, 11) is 0. The van der Waals surface area contributed by atoms with Gasteiger partial charge in [0, 0.05) is 11.4 Å². The van der Waals surface area contributed by atoms with Crippen molar-refractivity contribution in [2.45, 2.75) is 12.5 Å². The number of benzene rings is 2. The molecule has 3 rings (SSSR count). The molecule has 0 aliphatic heterocycles. The number of aliphatic hydroxyl groups excluding tert-OH is 1. The Bertz CT molecular complexity index is 762. The SMILES string of the molecule is O=C(Cc1cccs1)NCC(O)c1cccc2ccccc12. The first kappa shape index (κ1) is 14.8. The summed E-state index contributed by atoms with van der Waals surface area (Å²) in [6.07, 6.45) is -0.349. The molecule has 1 amide bonds. The lowest BCUT2D eigenvalue weighted by Gasteiger charge is -2.14. The van der Waals surface area contributed by atoms with Gasteiger partial charge >= 0.3 is 0 Å². The van der Waals surface area contributed by atoms with Crippen LogP contribution in [-0.2, 0) is 11.2 Å². The molecule has 3 nitrogen and oxygen atoms in total. The second kappa shape index (κ2) is 6.73. The van der Waals surface area contributed by atoms with E-state index in [1.165, 1.54) is 0 Å². The zero-order chi connectivity index (χ0) is 15.4. The standard InChI is InChI=1S/C18H17NO2S/c20-17(12-19-18(21)11-14-7-4-10-22-14)16-9-3-6-13-5-1-2-8-15(13)16/h1-10,17,20H,11-12H2,(H,19,21). The van der Waals surface area contributed by atoms with Gasteiger partial charge in [-0.25, -0.2) is 0 Å². The van der Waals surface area contributed by atoms with E-state index in [0.29, 0.717) is 6.42 Å². The molecule has 0 radical (unpaired) electrons. The molecule has 112 valence electrons. The summed E-state index contributed by atoms with van der Waals surface area (Å²) in [6, 6.07) is 17.6. The van der Waals surface area contributed by atoms with Gasteiger partial charge in [0.05, 0.1) is 12.5 Å². The lowest BCUT2D eigenvalue weighted by atomic mass is 10.0. The van der Waals surface area contributed by atoms with E-state index in [2.05, 4.69) is 5.32 Å². The molecule has 0 aliphatic rings. The third-order valence-electron chi connectivity index (χ3n) is 3.59. The molecule has 2 aromatic carbocycles. The Morgan fingerprint density at radius 1 is 1.09 bits per heavy atom. The molecule has 22 heavy (non-hydrogen) atoms. The molecule has 0 fully saturated rings. The number of rotatable bonds is 5. The largest absolute Gasteiger partial charge is 0.387 e. The van der Waals surface area contributed by atoms with Crippen LogP contribution in [0.5, 0.6) is 0 Å². The second-order valence-corrected chi connectivity index (χ2v) is 6.18. The van der Waals surface area contributed by atoms with Crippen LogP contribution in [0.2, 0.25) is 0 Å². The minimum Gasteiger partial charge on any atom is -0.387 e. The van der Waals surface area contributed by atoms with Gasteiger partial charge in [-0.1, -0.05) is 48.5 Å². The number of nitrogens with one attached hydrogen (secondary N) is 1.